The molecule has 0 radical (unpaired) electrons. The average molecular weight is 235 g/mol. The maximum absolute atomic E-state index is 11.8. The minimum Gasteiger partial charge on any atom is -0.345 e. The Morgan fingerprint density at radius 3 is 2.71 bits per heavy atom. The number of aromatic nitrogens is 1. The van der Waals surface area contributed by atoms with Crippen LogP contribution in [0.15, 0.2) is 24.5 Å². The summed E-state index contributed by atoms with van der Waals surface area (Å²) in [7, 11) is 1.83. The van der Waals surface area contributed by atoms with Crippen molar-refractivity contribution in [2.75, 3.05) is 13.6 Å². The van der Waals surface area contributed by atoms with Gasteiger partial charge in [0.2, 0.25) is 5.91 Å². The number of carbonyl (C=O) groups is 1. The third kappa shape index (κ3) is 4.95. The average Bonchev–Trinajstić information content (AvgIpc) is 2.36. The fourth-order valence-corrected chi connectivity index (χ4v) is 1.50. The second-order valence-electron chi connectivity index (χ2n) is 4.29. The van der Waals surface area contributed by atoms with E-state index in [0.29, 0.717) is 6.42 Å². The molecule has 0 aliphatic carbocycles. The predicted molar refractivity (Wildman–Crippen MR) is 68.5 cm³/mol. The highest BCUT2D eigenvalue weighted by Crippen LogP contribution is 2.02. The van der Waals surface area contributed by atoms with E-state index in [2.05, 4.69) is 4.98 Å². The molecule has 0 aliphatic rings. The second kappa shape index (κ2) is 7.01. The SMILES string of the molecule is CCC(N)CC(=O)N(C)CCc1ccncc1. The van der Waals surface area contributed by atoms with Crippen molar-refractivity contribution < 1.29 is 4.79 Å². The Balaban J connectivity index is 2.34. The minimum absolute atomic E-state index is 0.0223. The lowest BCUT2D eigenvalue weighted by Gasteiger charge is -2.19. The molecule has 1 unspecified atom stereocenters. The van der Waals surface area contributed by atoms with Crippen LogP contribution in [-0.2, 0) is 11.2 Å². The highest BCUT2D eigenvalue weighted by Gasteiger charge is 2.12. The van der Waals surface area contributed by atoms with Gasteiger partial charge in [0.05, 0.1) is 0 Å². The van der Waals surface area contributed by atoms with E-state index in [1.807, 2.05) is 26.1 Å². The van der Waals surface area contributed by atoms with E-state index < -0.39 is 0 Å². The summed E-state index contributed by atoms with van der Waals surface area (Å²) in [6, 6.07) is 3.91. The molecule has 1 rings (SSSR count). The molecule has 1 amide bonds. The van der Waals surface area contributed by atoms with Crippen molar-refractivity contribution in [3.63, 3.8) is 0 Å². The van der Waals surface area contributed by atoms with Gasteiger partial charge in [-0.05, 0) is 30.5 Å². The number of nitrogens with two attached hydrogens (primary N) is 1. The number of carbonyl (C=O) groups excluding carboxylic acids is 1. The maximum atomic E-state index is 11.8. The lowest BCUT2D eigenvalue weighted by molar-refractivity contribution is -0.130. The normalized spacial score (nSPS) is 12.2. The zero-order valence-electron chi connectivity index (χ0n) is 10.6. The van der Waals surface area contributed by atoms with Gasteiger partial charge in [0.15, 0.2) is 0 Å². The Hall–Kier alpha value is -1.42. The molecule has 1 aromatic heterocycles. The molecule has 17 heavy (non-hydrogen) atoms. The molecular formula is C13H21N3O. The number of hydrogen-bond acceptors (Lipinski definition) is 3. The summed E-state index contributed by atoms with van der Waals surface area (Å²) in [4.78, 5) is 17.5. The monoisotopic (exact) mass is 235 g/mol. The van der Waals surface area contributed by atoms with Gasteiger partial charge in [-0.3, -0.25) is 9.78 Å². The summed E-state index contributed by atoms with van der Waals surface area (Å²) in [6.07, 6.45) is 5.66. The first kappa shape index (κ1) is 13.6. The van der Waals surface area contributed by atoms with Gasteiger partial charge in [-0.15, -0.1) is 0 Å². The Morgan fingerprint density at radius 1 is 1.47 bits per heavy atom. The van der Waals surface area contributed by atoms with Crippen molar-refractivity contribution in [1.29, 1.82) is 0 Å². The second-order valence-corrected chi connectivity index (χ2v) is 4.29. The number of pyridine rings is 1. The summed E-state index contributed by atoms with van der Waals surface area (Å²) in [6.45, 7) is 2.72. The van der Waals surface area contributed by atoms with Gasteiger partial charge < -0.3 is 10.6 Å². The molecule has 0 aromatic carbocycles. The first-order valence-electron chi connectivity index (χ1n) is 6.02. The number of nitrogens with zero attached hydrogens (tertiary/aromatic N) is 2. The smallest absolute Gasteiger partial charge is 0.223 e. The van der Waals surface area contributed by atoms with E-state index >= 15 is 0 Å². The third-order valence-electron chi connectivity index (χ3n) is 2.87. The van der Waals surface area contributed by atoms with Gasteiger partial charge in [-0.25, -0.2) is 0 Å². The van der Waals surface area contributed by atoms with Gasteiger partial charge >= 0.3 is 0 Å². The molecule has 0 spiro atoms. The fraction of sp³-hybridized carbons (Fsp3) is 0.538. The molecule has 0 saturated heterocycles. The summed E-state index contributed by atoms with van der Waals surface area (Å²) < 4.78 is 0. The van der Waals surface area contributed by atoms with Crippen LogP contribution in [0, 0.1) is 0 Å². The molecule has 0 bridgehead atoms. The molecule has 0 saturated carbocycles. The lowest BCUT2D eigenvalue weighted by atomic mass is 10.1. The first-order valence-corrected chi connectivity index (χ1v) is 6.02. The standard InChI is InChI=1S/C13H21N3O/c1-3-12(14)10-13(17)16(2)9-6-11-4-7-15-8-5-11/h4-5,7-8,12H,3,6,9-10,14H2,1-2H3. The lowest BCUT2D eigenvalue weighted by Crippen LogP contribution is -2.34. The van der Waals surface area contributed by atoms with E-state index in [1.54, 1.807) is 17.3 Å². The maximum Gasteiger partial charge on any atom is 0.223 e. The number of likely N-dealkylation sites (N-methyl/N-ethyl adjacent to an activating group) is 1. The Labute approximate surface area is 103 Å². The number of amides is 1. The van der Waals surface area contributed by atoms with E-state index in [9.17, 15) is 4.79 Å². The Morgan fingerprint density at radius 2 is 2.12 bits per heavy atom. The summed E-state index contributed by atoms with van der Waals surface area (Å²) >= 11 is 0. The zero-order chi connectivity index (χ0) is 12.7. The van der Waals surface area contributed by atoms with Crippen LogP contribution in [0.4, 0.5) is 0 Å². The minimum atomic E-state index is -0.0223. The Kier molecular flexibility index (Phi) is 5.63. The predicted octanol–water partition coefficient (Wildman–Crippen LogP) is 1.21. The van der Waals surface area contributed by atoms with E-state index in [1.165, 1.54) is 5.56 Å². The third-order valence-corrected chi connectivity index (χ3v) is 2.87. The highest BCUT2D eigenvalue weighted by molar-refractivity contribution is 5.76. The van der Waals surface area contributed by atoms with E-state index in [0.717, 1.165) is 19.4 Å². The first-order chi connectivity index (χ1) is 8.13. The van der Waals surface area contributed by atoms with Crippen molar-refractivity contribution in [2.24, 2.45) is 5.73 Å². The topological polar surface area (TPSA) is 59.2 Å². The number of rotatable bonds is 6. The Bertz CT molecular complexity index is 340. The van der Waals surface area contributed by atoms with Crippen molar-refractivity contribution in [1.82, 2.24) is 9.88 Å². The van der Waals surface area contributed by atoms with Crippen LogP contribution >= 0.6 is 0 Å². The largest absolute Gasteiger partial charge is 0.345 e. The van der Waals surface area contributed by atoms with Crippen LogP contribution in [0.2, 0.25) is 0 Å². The van der Waals surface area contributed by atoms with Crippen LogP contribution < -0.4 is 5.73 Å². The van der Waals surface area contributed by atoms with Crippen molar-refractivity contribution in [3.8, 4) is 0 Å². The van der Waals surface area contributed by atoms with Gasteiger partial charge in [0, 0.05) is 38.4 Å². The van der Waals surface area contributed by atoms with Crippen LogP contribution in [0.3, 0.4) is 0 Å². The van der Waals surface area contributed by atoms with Gasteiger partial charge in [-0.2, -0.15) is 0 Å². The molecule has 1 atom stereocenters. The van der Waals surface area contributed by atoms with E-state index in [4.69, 9.17) is 5.73 Å². The van der Waals surface area contributed by atoms with Gasteiger partial charge in [0.1, 0.15) is 0 Å². The van der Waals surface area contributed by atoms with Gasteiger partial charge in [0.25, 0.3) is 0 Å². The number of hydrogen-bond donors (Lipinski definition) is 1. The van der Waals surface area contributed by atoms with Crippen LogP contribution in [0.5, 0.6) is 0 Å². The summed E-state index contributed by atoms with van der Waals surface area (Å²) in [5.74, 6) is 0.119. The van der Waals surface area contributed by atoms with Crippen molar-refractivity contribution >= 4 is 5.91 Å². The summed E-state index contributed by atoms with van der Waals surface area (Å²) in [5.41, 5.74) is 6.96. The van der Waals surface area contributed by atoms with Crippen LogP contribution in [0.1, 0.15) is 25.3 Å². The fourth-order valence-electron chi connectivity index (χ4n) is 1.50. The quantitative estimate of drug-likeness (QED) is 0.806. The molecule has 1 heterocycles. The molecule has 0 fully saturated rings. The molecule has 94 valence electrons. The highest BCUT2D eigenvalue weighted by atomic mass is 16.2. The van der Waals surface area contributed by atoms with Gasteiger partial charge in [-0.1, -0.05) is 6.92 Å². The summed E-state index contributed by atoms with van der Waals surface area (Å²) in [5, 5.41) is 0. The molecule has 4 nitrogen and oxygen atoms in total. The van der Waals surface area contributed by atoms with Crippen molar-refractivity contribution in [2.45, 2.75) is 32.2 Å². The molecule has 4 heteroatoms. The van der Waals surface area contributed by atoms with Crippen molar-refractivity contribution in [3.05, 3.63) is 30.1 Å². The van der Waals surface area contributed by atoms with Crippen LogP contribution in [0.25, 0.3) is 0 Å². The molecule has 0 aliphatic heterocycles. The molecule has 2 N–H and O–H groups in total. The molecular weight excluding hydrogens is 214 g/mol. The zero-order valence-corrected chi connectivity index (χ0v) is 10.6. The van der Waals surface area contributed by atoms with E-state index in [-0.39, 0.29) is 11.9 Å². The molecule has 1 aromatic rings. The van der Waals surface area contributed by atoms with Crippen LogP contribution in [-0.4, -0.2) is 35.4 Å².